The molecule has 0 aromatic heterocycles. The minimum Gasteiger partial charge on any atom is -0.376 e. The molecule has 3 atom stereocenters. The Bertz CT molecular complexity index is 556. The number of rotatable bonds is 5. The van der Waals surface area contributed by atoms with Gasteiger partial charge in [-0.2, -0.15) is 0 Å². The van der Waals surface area contributed by atoms with Gasteiger partial charge in [-0.1, -0.05) is 30.3 Å². The van der Waals surface area contributed by atoms with Crippen molar-refractivity contribution < 1.29 is 9.53 Å². The Hall–Kier alpha value is -1.39. The summed E-state index contributed by atoms with van der Waals surface area (Å²) in [7, 11) is 0. The zero-order valence-electron chi connectivity index (χ0n) is 14.4. The quantitative estimate of drug-likeness (QED) is 0.831. The first-order valence-electron chi connectivity index (χ1n) is 9.45. The molecule has 0 N–H and O–H groups in total. The molecular weight excluding hydrogens is 300 g/mol. The van der Waals surface area contributed by atoms with Crippen LogP contribution in [0.3, 0.4) is 0 Å². The van der Waals surface area contributed by atoms with E-state index >= 15 is 0 Å². The summed E-state index contributed by atoms with van der Waals surface area (Å²) in [5.41, 5.74) is 1.40. The number of hydrogen-bond donors (Lipinski definition) is 0. The summed E-state index contributed by atoms with van der Waals surface area (Å²) in [6.07, 6.45) is 4.47. The first-order valence-corrected chi connectivity index (χ1v) is 9.45. The van der Waals surface area contributed by atoms with E-state index in [-0.39, 0.29) is 0 Å². The molecule has 1 aromatic rings. The number of benzene rings is 1. The van der Waals surface area contributed by atoms with Crippen molar-refractivity contribution in [3.05, 3.63) is 35.9 Å². The SMILES string of the molecule is O=C(C[C@@H]1CO[C@H]2CN(CCc3ccccc3)C[C@@H]12)N1CCCC1. The predicted molar refractivity (Wildman–Crippen MR) is 93.7 cm³/mol. The van der Waals surface area contributed by atoms with Crippen molar-refractivity contribution in [3.8, 4) is 0 Å². The van der Waals surface area contributed by atoms with Crippen molar-refractivity contribution in [3.63, 3.8) is 0 Å². The maximum Gasteiger partial charge on any atom is 0.222 e. The van der Waals surface area contributed by atoms with Gasteiger partial charge < -0.3 is 14.5 Å². The van der Waals surface area contributed by atoms with E-state index in [2.05, 4.69) is 40.1 Å². The second kappa shape index (κ2) is 7.24. The summed E-state index contributed by atoms with van der Waals surface area (Å²) in [5, 5.41) is 0. The minimum atomic E-state index is 0.345. The molecule has 4 rings (SSSR count). The monoisotopic (exact) mass is 328 g/mol. The molecule has 4 nitrogen and oxygen atoms in total. The van der Waals surface area contributed by atoms with Crippen LogP contribution in [0.15, 0.2) is 30.3 Å². The first-order chi connectivity index (χ1) is 11.8. The normalized spacial score (nSPS) is 30.0. The van der Waals surface area contributed by atoms with Crippen LogP contribution in [0, 0.1) is 11.8 Å². The van der Waals surface area contributed by atoms with Crippen LogP contribution >= 0.6 is 0 Å². The lowest BCUT2D eigenvalue weighted by molar-refractivity contribution is -0.131. The first kappa shape index (κ1) is 16.1. The van der Waals surface area contributed by atoms with Crippen molar-refractivity contribution in [2.24, 2.45) is 11.8 Å². The molecule has 4 heteroatoms. The lowest BCUT2D eigenvalue weighted by atomic mass is 9.90. The summed E-state index contributed by atoms with van der Waals surface area (Å²) >= 11 is 0. The number of carbonyl (C=O) groups is 1. The molecule has 0 bridgehead atoms. The van der Waals surface area contributed by atoms with Crippen LogP contribution in [0.4, 0.5) is 0 Å². The number of nitrogens with zero attached hydrogens (tertiary/aromatic N) is 2. The molecule has 0 spiro atoms. The van der Waals surface area contributed by atoms with Crippen molar-refractivity contribution in [2.45, 2.75) is 31.8 Å². The Morgan fingerprint density at radius 1 is 1.12 bits per heavy atom. The molecule has 3 aliphatic heterocycles. The maximum atomic E-state index is 12.4. The van der Waals surface area contributed by atoms with Crippen molar-refractivity contribution in [1.29, 1.82) is 0 Å². The van der Waals surface area contributed by atoms with Crippen LogP contribution < -0.4 is 0 Å². The van der Waals surface area contributed by atoms with Crippen molar-refractivity contribution in [2.75, 3.05) is 39.3 Å². The number of hydrogen-bond acceptors (Lipinski definition) is 3. The van der Waals surface area contributed by atoms with Crippen molar-refractivity contribution >= 4 is 5.91 Å². The van der Waals surface area contributed by atoms with Gasteiger partial charge in [0.2, 0.25) is 5.91 Å². The molecule has 0 saturated carbocycles. The highest BCUT2D eigenvalue weighted by Crippen LogP contribution is 2.36. The van der Waals surface area contributed by atoms with E-state index in [1.165, 1.54) is 18.4 Å². The molecule has 130 valence electrons. The van der Waals surface area contributed by atoms with Gasteiger partial charge in [0.1, 0.15) is 0 Å². The van der Waals surface area contributed by atoms with E-state index < -0.39 is 0 Å². The third-order valence-corrected chi connectivity index (χ3v) is 5.97. The van der Waals surface area contributed by atoms with Crippen LogP contribution in [0.25, 0.3) is 0 Å². The molecule has 3 aliphatic rings. The molecule has 24 heavy (non-hydrogen) atoms. The average molecular weight is 328 g/mol. The molecular formula is C20H28N2O2. The molecule has 3 heterocycles. The highest BCUT2D eigenvalue weighted by atomic mass is 16.5. The summed E-state index contributed by atoms with van der Waals surface area (Å²) in [6.45, 7) is 5.92. The number of ether oxygens (including phenoxy) is 1. The summed E-state index contributed by atoms with van der Waals surface area (Å²) in [5.74, 6) is 1.32. The zero-order chi connectivity index (χ0) is 16.4. The Morgan fingerprint density at radius 2 is 1.92 bits per heavy atom. The Morgan fingerprint density at radius 3 is 2.71 bits per heavy atom. The van der Waals surface area contributed by atoms with Gasteiger partial charge in [0.25, 0.3) is 0 Å². The molecule has 0 radical (unpaired) electrons. The Labute approximate surface area is 144 Å². The third-order valence-electron chi connectivity index (χ3n) is 5.97. The Balaban J connectivity index is 1.27. The molecule has 1 amide bonds. The van der Waals surface area contributed by atoms with Crippen molar-refractivity contribution in [1.82, 2.24) is 9.80 Å². The fourth-order valence-corrected chi connectivity index (χ4v) is 4.52. The molecule has 0 unspecified atom stereocenters. The molecule has 3 fully saturated rings. The molecule has 0 aliphatic carbocycles. The largest absolute Gasteiger partial charge is 0.376 e. The summed E-state index contributed by atoms with van der Waals surface area (Å²) in [4.78, 5) is 17.0. The van der Waals surface area contributed by atoms with Gasteiger partial charge in [0, 0.05) is 45.1 Å². The molecule has 1 aromatic carbocycles. The number of fused-ring (bicyclic) bond motifs is 1. The number of likely N-dealkylation sites (tertiary alicyclic amines) is 2. The van der Waals surface area contributed by atoms with E-state index in [1.807, 2.05) is 0 Å². The van der Waals surface area contributed by atoms with Crippen LogP contribution in [0.2, 0.25) is 0 Å². The highest BCUT2D eigenvalue weighted by molar-refractivity contribution is 5.76. The highest BCUT2D eigenvalue weighted by Gasteiger charge is 2.44. The van der Waals surface area contributed by atoms with Crippen LogP contribution in [0.1, 0.15) is 24.8 Å². The summed E-state index contributed by atoms with van der Waals surface area (Å²) < 4.78 is 6.02. The van der Waals surface area contributed by atoms with E-state index in [0.29, 0.717) is 30.3 Å². The smallest absolute Gasteiger partial charge is 0.222 e. The predicted octanol–water partition coefficient (Wildman–Crippen LogP) is 2.19. The lowest BCUT2D eigenvalue weighted by Crippen LogP contribution is -2.32. The minimum absolute atomic E-state index is 0.345. The van der Waals surface area contributed by atoms with Crippen LogP contribution in [-0.4, -0.2) is 61.1 Å². The summed E-state index contributed by atoms with van der Waals surface area (Å²) in [6, 6.07) is 10.7. The fraction of sp³-hybridized carbons (Fsp3) is 0.650. The van der Waals surface area contributed by atoms with Gasteiger partial charge in [-0.15, -0.1) is 0 Å². The second-order valence-corrected chi connectivity index (χ2v) is 7.58. The van der Waals surface area contributed by atoms with Gasteiger partial charge >= 0.3 is 0 Å². The number of amides is 1. The Kier molecular flexibility index (Phi) is 4.86. The third kappa shape index (κ3) is 3.50. The van der Waals surface area contributed by atoms with Gasteiger partial charge in [0.15, 0.2) is 0 Å². The van der Waals surface area contributed by atoms with E-state index in [0.717, 1.165) is 45.8 Å². The number of carbonyl (C=O) groups excluding carboxylic acids is 1. The van der Waals surface area contributed by atoms with Gasteiger partial charge in [0.05, 0.1) is 12.7 Å². The standard InChI is InChI=1S/C20H28N2O2/c23-20(22-9-4-5-10-22)12-17-15-24-19-14-21(13-18(17)19)11-8-16-6-2-1-3-7-16/h1-3,6-7,17-19H,4-5,8-15H2/t17-,18+,19+/m1/s1. The topological polar surface area (TPSA) is 32.8 Å². The maximum absolute atomic E-state index is 12.4. The lowest BCUT2D eigenvalue weighted by Gasteiger charge is -2.22. The zero-order valence-corrected chi connectivity index (χ0v) is 14.4. The van der Waals surface area contributed by atoms with E-state index in [9.17, 15) is 4.79 Å². The molecule has 3 saturated heterocycles. The van der Waals surface area contributed by atoms with E-state index in [4.69, 9.17) is 4.74 Å². The average Bonchev–Trinajstić information content (AvgIpc) is 3.32. The second-order valence-electron chi connectivity index (χ2n) is 7.58. The van der Waals surface area contributed by atoms with Crippen LogP contribution in [0.5, 0.6) is 0 Å². The fourth-order valence-electron chi connectivity index (χ4n) is 4.52. The van der Waals surface area contributed by atoms with Gasteiger partial charge in [-0.05, 0) is 30.7 Å². The van der Waals surface area contributed by atoms with Gasteiger partial charge in [-0.25, -0.2) is 0 Å². The van der Waals surface area contributed by atoms with E-state index in [1.54, 1.807) is 0 Å². The van der Waals surface area contributed by atoms with Gasteiger partial charge in [-0.3, -0.25) is 4.79 Å². The van der Waals surface area contributed by atoms with Crippen LogP contribution in [-0.2, 0) is 16.0 Å².